The zero-order valence-electron chi connectivity index (χ0n) is 10.4. The molecule has 1 unspecified atom stereocenters. The number of hydrogen-bond acceptors (Lipinski definition) is 2. The zero-order chi connectivity index (χ0) is 11.5. The highest BCUT2D eigenvalue weighted by Gasteiger charge is 2.19. The van der Waals surface area contributed by atoms with Crippen molar-refractivity contribution < 1.29 is 0 Å². The first kappa shape index (κ1) is 12.0. The van der Waals surface area contributed by atoms with Gasteiger partial charge in [-0.2, -0.15) is 11.8 Å². The van der Waals surface area contributed by atoms with E-state index < -0.39 is 0 Å². The predicted octanol–water partition coefficient (Wildman–Crippen LogP) is 3.53. The van der Waals surface area contributed by atoms with Crippen molar-refractivity contribution in [2.45, 2.75) is 25.0 Å². The Morgan fingerprint density at radius 1 is 1.25 bits per heavy atom. The van der Waals surface area contributed by atoms with E-state index in [9.17, 15) is 0 Å². The third-order valence-electron chi connectivity index (χ3n) is 3.24. The molecule has 1 heterocycles. The molecule has 1 aromatic rings. The van der Waals surface area contributed by atoms with E-state index in [1.807, 2.05) is 0 Å². The smallest absolute Gasteiger partial charge is 0.0424 e. The lowest BCUT2D eigenvalue weighted by atomic mass is 10.0. The lowest BCUT2D eigenvalue weighted by Crippen LogP contribution is -2.30. The minimum Gasteiger partial charge on any atom is -0.304 e. The molecule has 2 heteroatoms. The Kier molecular flexibility index (Phi) is 3.93. The zero-order valence-corrected chi connectivity index (χ0v) is 11.3. The van der Waals surface area contributed by atoms with E-state index in [2.05, 4.69) is 61.8 Å². The molecular weight excluding hydrogens is 214 g/mol. The fourth-order valence-corrected chi connectivity index (χ4v) is 3.49. The van der Waals surface area contributed by atoms with Gasteiger partial charge in [-0.05, 0) is 24.1 Å². The number of benzene rings is 1. The summed E-state index contributed by atoms with van der Waals surface area (Å²) < 4.78 is 0. The van der Waals surface area contributed by atoms with Gasteiger partial charge in [-0.15, -0.1) is 0 Å². The van der Waals surface area contributed by atoms with E-state index in [-0.39, 0.29) is 0 Å². The molecule has 1 nitrogen and oxygen atoms in total. The summed E-state index contributed by atoms with van der Waals surface area (Å²) in [6.07, 6.45) is 0. The van der Waals surface area contributed by atoms with Gasteiger partial charge in [-0.25, -0.2) is 0 Å². The maximum absolute atomic E-state index is 2.43. The SMILES string of the molecule is CC(C)c1ccc(C2CN(C)CCS2)cc1. The van der Waals surface area contributed by atoms with Gasteiger partial charge in [0, 0.05) is 24.1 Å². The molecule has 1 saturated heterocycles. The minimum atomic E-state index is 0.635. The second-order valence-corrected chi connectivity index (χ2v) is 6.25. The van der Waals surface area contributed by atoms with Gasteiger partial charge in [-0.3, -0.25) is 0 Å². The van der Waals surface area contributed by atoms with Crippen LogP contribution in [0.15, 0.2) is 24.3 Å². The minimum absolute atomic E-state index is 0.635. The molecule has 0 radical (unpaired) electrons. The Hall–Kier alpha value is -0.470. The number of rotatable bonds is 2. The van der Waals surface area contributed by atoms with Crippen LogP contribution in [0.3, 0.4) is 0 Å². The topological polar surface area (TPSA) is 3.24 Å². The highest BCUT2D eigenvalue weighted by atomic mass is 32.2. The molecular formula is C14H21NS. The molecule has 0 N–H and O–H groups in total. The molecule has 1 aromatic carbocycles. The molecule has 0 aromatic heterocycles. The van der Waals surface area contributed by atoms with E-state index in [1.165, 1.54) is 30.0 Å². The van der Waals surface area contributed by atoms with Crippen LogP contribution in [0.2, 0.25) is 0 Å². The van der Waals surface area contributed by atoms with Crippen molar-refractivity contribution in [2.24, 2.45) is 0 Å². The van der Waals surface area contributed by atoms with Gasteiger partial charge in [0.1, 0.15) is 0 Å². The van der Waals surface area contributed by atoms with Gasteiger partial charge in [0.05, 0.1) is 0 Å². The molecule has 2 rings (SSSR count). The first-order valence-electron chi connectivity index (χ1n) is 6.07. The Balaban J connectivity index is 2.09. The lowest BCUT2D eigenvalue weighted by Gasteiger charge is -2.29. The van der Waals surface area contributed by atoms with Gasteiger partial charge >= 0.3 is 0 Å². The molecule has 0 bridgehead atoms. The van der Waals surface area contributed by atoms with Gasteiger partial charge < -0.3 is 4.90 Å². The summed E-state index contributed by atoms with van der Waals surface area (Å²) in [5.41, 5.74) is 2.93. The van der Waals surface area contributed by atoms with E-state index >= 15 is 0 Å². The Morgan fingerprint density at radius 2 is 1.94 bits per heavy atom. The second kappa shape index (κ2) is 5.24. The van der Waals surface area contributed by atoms with Crippen molar-refractivity contribution in [3.05, 3.63) is 35.4 Å². The molecule has 1 fully saturated rings. The summed E-state index contributed by atoms with van der Waals surface area (Å²) in [5, 5.41) is 0.667. The van der Waals surface area contributed by atoms with Gasteiger partial charge in [0.15, 0.2) is 0 Å². The first-order chi connectivity index (χ1) is 7.66. The van der Waals surface area contributed by atoms with Crippen molar-refractivity contribution >= 4 is 11.8 Å². The molecule has 16 heavy (non-hydrogen) atoms. The van der Waals surface area contributed by atoms with Crippen LogP contribution in [0.5, 0.6) is 0 Å². The molecule has 88 valence electrons. The number of hydrogen-bond donors (Lipinski definition) is 0. The third kappa shape index (κ3) is 2.80. The van der Waals surface area contributed by atoms with E-state index in [4.69, 9.17) is 0 Å². The largest absolute Gasteiger partial charge is 0.304 e. The Morgan fingerprint density at radius 3 is 2.50 bits per heavy atom. The number of nitrogens with zero attached hydrogens (tertiary/aromatic N) is 1. The summed E-state index contributed by atoms with van der Waals surface area (Å²) in [6, 6.07) is 9.20. The first-order valence-corrected chi connectivity index (χ1v) is 7.11. The van der Waals surface area contributed by atoms with Crippen LogP contribution >= 0.6 is 11.8 Å². The van der Waals surface area contributed by atoms with E-state index in [0.29, 0.717) is 11.2 Å². The highest BCUT2D eigenvalue weighted by molar-refractivity contribution is 7.99. The van der Waals surface area contributed by atoms with Gasteiger partial charge in [-0.1, -0.05) is 38.1 Å². The second-order valence-electron chi connectivity index (χ2n) is 4.94. The summed E-state index contributed by atoms with van der Waals surface area (Å²) in [6.45, 7) is 6.91. The fourth-order valence-electron chi connectivity index (χ4n) is 2.08. The van der Waals surface area contributed by atoms with Crippen molar-refractivity contribution in [1.29, 1.82) is 0 Å². The fraction of sp³-hybridized carbons (Fsp3) is 0.571. The van der Waals surface area contributed by atoms with Crippen molar-refractivity contribution in [3.63, 3.8) is 0 Å². The Bertz CT molecular complexity index is 331. The summed E-state index contributed by atoms with van der Waals surface area (Å²) in [7, 11) is 2.22. The average Bonchev–Trinajstić information content (AvgIpc) is 2.29. The average molecular weight is 235 g/mol. The molecule has 0 amide bonds. The van der Waals surface area contributed by atoms with Crippen molar-refractivity contribution in [1.82, 2.24) is 4.90 Å². The van der Waals surface area contributed by atoms with Crippen LogP contribution in [-0.2, 0) is 0 Å². The van der Waals surface area contributed by atoms with Crippen LogP contribution in [0, 0.1) is 0 Å². The standard InChI is InChI=1S/C14H21NS/c1-11(2)12-4-6-13(7-5-12)14-10-15(3)8-9-16-14/h4-7,11,14H,8-10H2,1-3H3. The molecule has 0 spiro atoms. The van der Waals surface area contributed by atoms with Crippen LogP contribution < -0.4 is 0 Å². The van der Waals surface area contributed by atoms with Crippen LogP contribution in [0.4, 0.5) is 0 Å². The molecule has 1 aliphatic rings. The number of likely N-dealkylation sites (N-methyl/N-ethyl adjacent to an activating group) is 1. The summed E-state index contributed by atoms with van der Waals surface area (Å²) >= 11 is 2.09. The molecule has 0 saturated carbocycles. The predicted molar refractivity (Wildman–Crippen MR) is 73.2 cm³/mol. The summed E-state index contributed by atoms with van der Waals surface area (Å²) in [4.78, 5) is 2.43. The quantitative estimate of drug-likeness (QED) is 0.771. The van der Waals surface area contributed by atoms with Crippen LogP contribution in [0.25, 0.3) is 0 Å². The lowest BCUT2D eigenvalue weighted by molar-refractivity contribution is 0.347. The number of thioether (sulfide) groups is 1. The normalized spacial score (nSPS) is 22.6. The van der Waals surface area contributed by atoms with Gasteiger partial charge in [0.2, 0.25) is 0 Å². The molecule has 0 aliphatic carbocycles. The molecule has 1 aliphatic heterocycles. The monoisotopic (exact) mass is 235 g/mol. The van der Waals surface area contributed by atoms with Crippen LogP contribution in [0.1, 0.15) is 36.1 Å². The van der Waals surface area contributed by atoms with Gasteiger partial charge in [0.25, 0.3) is 0 Å². The maximum atomic E-state index is 2.43. The van der Waals surface area contributed by atoms with Crippen LogP contribution in [-0.4, -0.2) is 30.8 Å². The third-order valence-corrected chi connectivity index (χ3v) is 4.49. The van der Waals surface area contributed by atoms with E-state index in [0.717, 1.165) is 0 Å². The van der Waals surface area contributed by atoms with Crippen molar-refractivity contribution in [3.8, 4) is 0 Å². The maximum Gasteiger partial charge on any atom is 0.0424 e. The highest BCUT2D eigenvalue weighted by Crippen LogP contribution is 2.33. The summed E-state index contributed by atoms with van der Waals surface area (Å²) in [5.74, 6) is 1.89. The van der Waals surface area contributed by atoms with Crippen molar-refractivity contribution in [2.75, 3.05) is 25.9 Å². The van der Waals surface area contributed by atoms with E-state index in [1.54, 1.807) is 0 Å². The molecule has 1 atom stereocenters. The Labute approximate surface area is 103 Å².